The number of aryl methyl sites for hydroxylation is 1. The Morgan fingerprint density at radius 1 is 1.35 bits per heavy atom. The predicted octanol–water partition coefficient (Wildman–Crippen LogP) is 4.00. The Hall–Kier alpha value is -2.80. The van der Waals surface area contributed by atoms with Crippen molar-refractivity contribution in [2.24, 2.45) is 5.10 Å². The summed E-state index contributed by atoms with van der Waals surface area (Å²) in [5.41, 5.74) is 6.52. The predicted molar refractivity (Wildman–Crippen MR) is 100 cm³/mol. The molecule has 0 atom stereocenters. The first kappa shape index (κ1) is 19.5. The molecule has 0 radical (unpaired) electrons. The lowest BCUT2D eigenvalue weighted by atomic mass is 10.1. The number of ether oxygens (including phenoxy) is 1. The average Bonchev–Trinajstić information content (AvgIpc) is 2.88. The Morgan fingerprint density at radius 3 is 2.65 bits per heavy atom. The zero-order chi connectivity index (χ0) is 19.4. The van der Waals surface area contributed by atoms with Crippen LogP contribution in [-0.2, 0) is 4.74 Å². The number of nitrogens with one attached hydrogen (secondary N) is 2. The molecule has 8 heteroatoms. The van der Waals surface area contributed by atoms with Crippen molar-refractivity contribution >= 4 is 34.9 Å². The lowest BCUT2D eigenvalue weighted by molar-refractivity contribution is 0.0524. The van der Waals surface area contributed by atoms with E-state index >= 15 is 0 Å². The first-order valence-electron chi connectivity index (χ1n) is 7.96. The van der Waals surface area contributed by atoms with Crippen LogP contribution in [0.3, 0.4) is 0 Å². The molecule has 1 aromatic heterocycles. The van der Waals surface area contributed by atoms with Crippen LogP contribution in [0.1, 0.15) is 51.5 Å². The van der Waals surface area contributed by atoms with Gasteiger partial charge in [-0.25, -0.2) is 9.59 Å². The number of anilines is 1. The number of halogens is 1. The summed E-state index contributed by atoms with van der Waals surface area (Å²) in [4.78, 5) is 26.3. The van der Waals surface area contributed by atoms with E-state index in [4.69, 9.17) is 21.4 Å². The van der Waals surface area contributed by atoms with E-state index in [2.05, 4.69) is 15.5 Å². The lowest BCUT2D eigenvalue weighted by Gasteiger charge is -2.06. The molecule has 1 aromatic carbocycles. The van der Waals surface area contributed by atoms with Gasteiger partial charge in [-0.2, -0.15) is 5.10 Å². The molecule has 0 bridgehead atoms. The number of carbonyl (C=O) groups excluding carboxylic acids is 1. The topological polar surface area (TPSA) is 104 Å². The SMILES string of the molecule is CCOC(=O)c1c(C)[nH]c(C(C)=NNc2ccc(Cl)c(C(=O)O)c2)c1C. The molecule has 0 aliphatic carbocycles. The molecule has 3 N–H and O–H groups in total. The maximum atomic E-state index is 12.1. The van der Waals surface area contributed by atoms with Crippen molar-refractivity contribution in [3.8, 4) is 0 Å². The molecule has 0 unspecified atom stereocenters. The molecule has 0 fully saturated rings. The van der Waals surface area contributed by atoms with Gasteiger partial charge in [-0.3, -0.25) is 5.43 Å². The number of hydrogen-bond donors (Lipinski definition) is 3. The number of carbonyl (C=O) groups is 2. The van der Waals surface area contributed by atoms with E-state index in [-0.39, 0.29) is 16.6 Å². The van der Waals surface area contributed by atoms with Crippen LogP contribution in [0, 0.1) is 13.8 Å². The molecule has 0 aliphatic heterocycles. The fourth-order valence-electron chi connectivity index (χ4n) is 2.58. The number of carboxylic acids is 1. The van der Waals surface area contributed by atoms with Gasteiger partial charge in [0.05, 0.1) is 39.8 Å². The minimum absolute atomic E-state index is 0.0129. The third-order valence-corrected chi connectivity index (χ3v) is 4.16. The van der Waals surface area contributed by atoms with Crippen molar-refractivity contribution in [1.29, 1.82) is 0 Å². The minimum atomic E-state index is -1.12. The number of aromatic nitrogens is 1. The van der Waals surface area contributed by atoms with E-state index in [9.17, 15) is 9.59 Å². The summed E-state index contributed by atoms with van der Waals surface area (Å²) < 4.78 is 5.08. The molecule has 0 saturated heterocycles. The number of carboxylic acid groups (broad SMARTS) is 1. The highest BCUT2D eigenvalue weighted by molar-refractivity contribution is 6.33. The van der Waals surface area contributed by atoms with Crippen molar-refractivity contribution in [3.63, 3.8) is 0 Å². The summed E-state index contributed by atoms with van der Waals surface area (Å²) in [6.45, 7) is 7.44. The highest BCUT2D eigenvalue weighted by atomic mass is 35.5. The molecular weight excluding hydrogens is 358 g/mol. The minimum Gasteiger partial charge on any atom is -0.478 e. The summed E-state index contributed by atoms with van der Waals surface area (Å²) in [7, 11) is 0. The van der Waals surface area contributed by atoms with Crippen LogP contribution in [0.15, 0.2) is 23.3 Å². The number of hydrazone groups is 1. The van der Waals surface area contributed by atoms with Gasteiger partial charge in [-0.15, -0.1) is 0 Å². The molecule has 2 rings (SSSR count). The summed E-state index contributed by atoms with van der Waals surface area (Å²) >= 11 is 5.85. The number of rotatable bonds is 6. The molecule has 0 amide bonds. The fourth-order valence-corrected chi connectivity index (χ4v) is 2.78. The smallest absolute Gasteiger partial charge is 0.340 e. The Bertz CT molecular complexity index is 887. The fraction of sp³-hybridized carbons (Fsp3) is 0.278. The van der Waals surface area contributed by atoms with Gasteiger partial charge in [0.15, 0.2) is 0 Å². The highest BCUT2D eigenvalue weighted by Crippen LogP contribution is 2.22. The van der Waals surface area contributed by atoms with E-state index in [0.29, 0.717) is 35.0 Å². The van der Waals surface area contributed by atoms with Gasteiger partial charge in [-0.1, -0.05) is 11.6 Å². The van der Waals surface area contributed by atoms with Gasteiger partial charge < -0.3 is 14.8 Å². The van der Waals surface area contributed by atoms with Crippen LogP contribution >= 0.6 is 11.6 Å². The number of aromatic carboxylic acids is 1. The number of benzene rings is 1. The van der Waals surface area contributed by atoms with Gasteiger partial charge in [0.2, 0.25) is 0 Å². The van der Waals surface area contributed by atoms with Crippen LogP contribution < -0.4 is 5.43 Å². The quantitative estimate of drug-likeness (QED) is 0.401. The third kappa shape index (κ3) is 4.05. The number of aromatic amines is 1. The molecule has 138 valence electrons. The van der Waals surface area contributed by atoms with Gasteiger partial charge in [0, 0.05) is 5.69 Å². The Balaban J connectivity index is 2.28. The molecule has 0 saturated carbocycles. The number of H-pyrrole nitrogens is 1. The van der Waals surface area contributed by atoms with Crippen molar-refractivity contribution in [2.75, 3.05) is 12.0 Å². The maximum Gasteiger partial charge on any atom is 0.340 e. The van der Waals surface area contributed by atoms with Crippen LogP contribution in [0.4, 0.5) is 5.69 Å². The second kappa shape index (κ2) is 8.05. The molecule has 1 heterocycles. The van der Waals surface area contributed by atoms with E-state index in [1.54, 1.807) is 26.8 Å². The van der Waals surface area contributed by atoms with Crippen molar-refractivity contribution in [2.45, 2.75) is 27.7 Å². The molecule has 2 aromatic rings. The highest BCUT2D eigenvalue weighted by Gasteiger charge is 2.20. The summed E-state index contributed by atoms with van der Waals surface area (Å²) in [6, 6.07) is 4.52. The Labute approximate surface area is 156 Å². The molecule has 26 heavy (non-hydrogen) atoms. The maximum absolute atomic E-state index is 12.1. The number of esters is 1. The number of nitrogens with zero attached hydrogens (tertiary/aromatic N) is 1. The Morgan fingerprint density at radius 2 is 2.04 bits per heavy atom. The van der Waals surface area contributed by atoms with E-state index in [1.807, 2.05) is 6.92 Å². The van der Waals surface area contributed by atoms with Crippen LogP contribution in [-0.4, -0.2) is 34.3 Å². The molecular formula is C18H20ClN3O4. The van der Waals surface area contributed by atoms with Crippen LogP contribution in [0.2, 0.25) is 5.02 Å². The zero-order valence-corrected chi connectivity index (χ0v) is 15.7. The van der Waals surface area contributed by atoms with E-state index in [0.717, 1.165) is 5.56 Å². The van der Waals surface area contributed by atoms with Crippen LogP contribution in [0.25, 0.3) is 0 Å². The van der Waals surface area contributed by atoms with E-state index in [1.165, 1.54) is 12.1 Å². The normalized spacial score (nSPS) is 11.3. The third-order valence-electron chi connectivity index (χ3n) is 3.83. The van der Waals surface area contributed by atoms with Gasteiger partial charge >= 0.3 is 11.9 Å². The lowest BCUT2D eigenvalue weighted by Crippen LogP contribution is -2.07. The first-order chi connectivity index (χ1) is 12.3. The molecule has 7 nitrogen and oxygen atoms in total. The van der Waals surface area contributed by atoms with Crippen molar-refractivity contribution < 1.29 is 19.4 Å². The van der Waals surface area contributed by atoms with Gasteiger partial charge in [-0.05, 0) is 51.5 Å². The van der Waals surface area contributed by atoms with Crippen molar-refractivity contribution in [1.82, 2.24) is 4.98 Å². The van der Waals surface area contributed by atoms with E-state index < -0.39 is 5.97 Å². The van der Waals surface area contributed by atoms with Crippen molar-refractivity contribution in [3.05, 3.63) is 51.3 Å². The van der Waals surface area contributed by atoms with Gasteiger partial charge in [0.1, 0.15) is 0 Å². The second-order valence-electron chi connectivity index (χ2n) is 5.65. The molecule has 0 aliphatic rings. The first-order valence-corrected chi connectivity index (χ1v) is 8.33. The monoisotopic (exact) mass is 377 g/mol. The standard InChI is InChI=1S/C18H20ClN3O4/c1-5-26-18(25)15-9(2)16(20-10(15)3)11(4)21-22-12-6-7-14(19)13(8-12)17(23)24/h6-8,20,22H,5H2,1-4H3,(H,23,24). The average molecular weight is 378 g/mol. The summed E-state index contributed by atoms with van der Waals surface area (Å²) in [5.74, 6) is -1.50. The molecule has 0 spiro atoms. The zero-order valence-electron chi connectivity index (χ0n) is 14.9. The van der Waals surface area contributed by atoms with Gasteiger partial charge in [0.25, 0.3) is 0 Å². The summed E-state index contributed by atoms with van der Waals surface area (Å²) in [5, 5.41) is 13.5. The number of hydrogen-bond acceptors (Lipinski definition) is 5. The Kier molecular flexibility index (Phi) is 6.05. The summed E-state index contributed by atoms with van der Waals surface area (Å²) in [6.07, 6.45) is 0. The van der Waals surface area contributed by atoms with Crippen LogP contribution in [0.5, 0.6) is 0 Å². The second-order valence-corrected chi connectivity index (χ2v) is 6.06. The largest absolute Gasteiger partial charge is 0.478 e.